The van der Waals surface area contributed by atoms with Gasteiger partial charge in [-0.25, -0.2) is 4.98 Å². The van der Waals surface area contributed by atoms with Crippen LogP contribution in [-0.2, 0) is 0 Å². The van der Waals surface area contributed by atoms with Crippen molar-refractivity contribution in [1.29, 1.82) is 0 Å². The summed E-state index contributed by atoms with van der Waals surface area (Å²) in [6.07, 6.45) is 0. The first-order valence-electron chi connectivity index (χ1n) is 21.6. The number of hydrogen-bond acceptors (Lipinski definition) is 5. The predicted octanol–water partition coefficient (Wildman–Crippen LogP) is 15.5. The Morgan fingerprint density at radius 3 is 1.86 bits per heavy atom. The fourth-order valence-electron chi connectivity index (χ4n) is 10.0. The molecule has 0 radical (unpaired) electrons. The molecule has 0 bridgehead atoms. The zero-order valence-corrected chi connectivity index (χ0v) is 34.5. The Balaban J connectivity index is 1.13. The third-order valence-electron chi connectivity index (χ3n) is 13.0. The molecule has 14 rings (SSSR count). The van der Waals surface area contributed by atoms with Crippen molar-refractivity contribution >= 4 is 98.0 Å². The number of fused-ring (bicyclic) bond motifs is 12. The highest BCUT2D eigenvalue weighted by Crippen LogP contribution is 2.46. The van der Waals surface area contributed by atoms with Crippen LogP contribution >= 0.6 is 0 Å². The topological polar surface area (TPSA) is 69.9 Å². The smallest absolute Gasteiger partial charge is 0.238 e. The fraction of sp³-hybridized carbons (Fsp3) is 0.0172. The van der Waals surface area contributed by atoms with E-state index in [1.165, 1.54) is 10.9 Å². The average molecular weight is 819 g/mol. The van der Waals surface area contributed by atoms with Crippen molar-refractivity contribution in [2.24, 2.45) is 0 Å². The Bertz CT molecular complexity index is 4290. The molecule has 6 heteroatoms. The van der Waals surface area contributed by atoms with E-state index in [1.54, 1.807) is 0 Å². The van der Waals surface area contributed by atoms with Crippen molar-refractivity contribution in [2.45, 2.75) is 6.92 Å². The first-order chi connectivity index (χ1) is 31.6. The van der Waals surface area contributed by atoms with E-state index in [9.17, 15) is 0 Å². The molecule has 0 unspecified atom stereocenters. The molecule has 0 saturated carbocycles. The lowest BCUT2D eigenvalue weighted by atomic mass is 9.93. The van der Waals surface area contributed by atoms with Gasteiger partial charge in [-0.2, -0.15) is 9.97 Å². The first kappa shape index (κ1) is 35.0. The molecule has 0 spiro atoms. The van der Waals surface area contributed by atoms with Gasteiger partial charge >= 0.3 is 0 Å². The highest BCUT2D eigenvalue weighted by Gasteiger charge is 2.25. The van der Waals surface area contributed by atoms with Gasteiger partial charge in [-0.05, 0) is 87.8 Å². The van der Waals surface area contributed by atoms with Gasteiger partial charge in [0.05, 0.1) is 11.0 Å². The van der Waals surface area contributed by atoms with Crippen molar-refractivity contribution in [3.8, 4) is 39.9 Å². The predicted molar refractivity (Wildman–Crippen MR) is 262 cm³/mol. The molecule has 64 heavy (non-hydrogen) atoms. The minimum Gasteiger partial charge on any atom is -0.456 e. The van der Waals surface area contributed by atoms with Crippen molar-refractivity contribution in [3.63, 3.8) is 0 Å². The van der Waals surface area contributed by atoms with Crippen LogP contribution in [0.4, 0.5) is 0 Å². The van der Waals surface area contributed by atoms with Crippen LogP contribution in [0, 0.1) is 6.92 Å². The number of benzene rings is 10. The van der Waals surface area contributed by atoms with Crippen molar-refractivity contribution in [3.05, 3.63) is 194 Å². The number of aromatic nitrogens is 4. The lowest BCUT2D eigenvalue weighted by molar-refractivity contribution is 0.669. The molecule has 0 aliphatic rings. The maximum absolute atomic E-state index is 6.88. The van der Waals surface area contributed by atoms with Gasteiger partial charge in [0.25, 0.3) is 0 Å². The van der Waals surface area contributed by atoms with Gasteiger partial charge < -0.3 is 8.83 Å². The molecule has 6 nitrogen and oxygen atoms in total. The van der Waals surface area contributed by atoms with Crippen LogP contribution < -0.4 is 0 Å². The summed E-state index contributed by atoms with van der Waals surface area (Å²) in [5.41, 5.74) is 10.3. The van der Waals surface area contributed by atoms with Gasteiger partial charge in [-0.15, -0.1) is 0 Å². The summed E-state index contributed by atoms with van der Waals surface area (Å²) in [7, 11) is 0. The molecule has 0 aliphatic heterocycles. The van der Waals surface area contributed by atoms with Gasteiger partial charge in [0.1, 0.15) is 22.3 Å². The Kier molecular flexibility index (Phi) is 7.22. The van der Waals surface area contributed by atoms with Crippen LogP contribution in [0.2, 0.25) is 0 Å². The van der Waals surface area contributed by atoms with Gasteiger partial charge in [0, 0.05) is 54.6 Å². The van der Waals surface area contributed by atoms with Crippen LogP contribution in [0.1, 0.15) is 5.56 Å². The number of aryl methyl sites for hydroxylation is 1. The second kappa shape index (κ2) is 13.2. The summed E-state index contributed by atoms with van der Waals surface area (Å²) in [6.45, 7) is 2.14. The molecular weight excluding hydrogens is 785 g/mol. The molecule has 0 atom stereocenters. The zero-order valence-electron chi connectivity index (χ0n) is 34.5. The van der Waals surface area contributed by atoms with Crippen molar-refractivity contribution in [2.75, 3.05) is 0 Å². The van der Waals surface area contributed by atoms with E-state index in [0.29, 0.717) is 17.6 Å². The Morgan fingerprint density at radius 2 is 1.02 bits per heavy atom. The van der Waals surface area contributed by atoms with Crippen LogP contribution in [0.15, 0.2) is 197 Å². The molecule has 0 fully saturated rings. The van der Waals surface area contributed by atoms with E-state index >= 15 is 0 Å². The molecular formula is C58H34N4O2. The minimum absolute atomic E-state index is 0.512. The lowest BCUT2D eigenvalue weighted by Crippen LogP contribution is -2.07. The molecule has 4 heterocycles. The molecule has 0 aliphatic carbocycles. The van der Waals surface area contributed by atoms with E-state index in [0.717, 1.165) is 115 Å². The number of nitrogens with zero attached hydrogens (tertiary/aromatic N) is 4. The minimum atomic E-state index is 0.512. The third-order valence-corrected chi connectivity index (χ3v) is 13.0. The maximum Gasteiger partial charge on any atom is 0.238 e. The number of rotatable bonds is 4. The van der Waals surface area contributed by atoms with Crippen LogP contribution in [0.25, 0.3) is 138 Å². The van der Waals surface area contributed by atoms with Crippen LogP contribution in [-0.4, -0.2) is 19.5 Å². The van der Waals surface area contributed by atoms with E-state index in [1.807, 2.05) is 24.3 Å². The average Bonchev–Trinajstić information content (AvgIpc) is 4.01. The normalized spacial score (nSPS) is 12.1. The highest BCUT2D eigenvalue weighted by atomic mass is 16.3. The van der Waals surface area contributed by atoms with E-state index < -0.39 is 0 Å². The van der Waals surface area contributed by atoms with Gasteiger partial charge in [0.15, 0.2) is 11.6 Å². The summed E-state index contributed by atoms with van der Waals surface area (Å²) in [6, 6.07) is 66.3. The number of para-hydroxylation sites is 3. The molecule has 0 N–H and O–H groups in total. The lowest BCUT2D eigenvalue weighted by Gasteiger charge is -2.15. The summed E-state index contributed by atoms with van der Waals surface area (Å²) in [5, 5.41) is 13.3. The summed E-state index contributed by atoms with van der Waals surface area (Å²) < 4.78 is 15.6. The van der Waals surface area contributed by atoms with Crippen molar-refractivity contribution in [1.82, 2.24) is 19.5 Å². The Hall–Kier alpha value is -8.61. The monoisotopic (exact) mass is 818 g/mol. The Labute approximate surface area is 365 Å². The van der Waals surface area contributed by atoms with E-state index in [4.69, 9.17) is 23.8 Å². The highest BCUT2D eigenvalue weighted by molar-refractivity contribution is 6.23. The van der Waals surface area contributed by atoms with Crippen molar-refractivity contribution < 1.29 is 8.83 Å². The summed E-state index contributed by atoms with van der Waals surface area (Å²) in [4.78, 5) is 16.2. The first-order valence-corrected chi connectivity index (χ1v) is 21.6. The molecule has 4 aromatic heterocycles. The molecule has 0 saturated heterocycles. The quantitative estimate of drug-likeness (QED) is 0.177. The summed E-state index contributed by atoms with van der Waals surface area (Å²) in [5.74, 6) is 1.63. The molecule has 0 amide bonds. The molecule has 14 aromatic rings. The maximum atomic E-state index is 6.88. The zero-order chi connectivity index (χ0) is 42.0. The fourth-order valence-corrected chi connectivity index (χ4v) is 10.0. The van der Waals surface area contributed by atoms with Gasteiger partial charge in [-0.1, -0.05) is 145 Å². The van der Waals surface area contributed by atoms with E-state index in [2.05, 4.69) is 175 Å². The standard InChI is InChI=1S/C58H34N4O2/c1-33-21-22-36-29-47-45-17-10-18-46(53-41-14-5-4-13-37(41)30-48-43-16-7-9-20-51(43)64-55(48)53)54(45)62(49(47)31-40(36)27-33)58-60-56(38-24-23-34-11-2-3-12-35(34)28-38)59-57(61-58)39-25-26-44-42-15-6-8-19-50(42)63-52(44)32-39/h2-32H,1H3. The molecule has 10 aromatic carbocycles. The van der Waals surface area contributed by atoms with E-state index in [-0.39, 0.29) is 0 Å². The van der Waals surface area contributed by atoms with Crippen LogP contribution in [0.3, 0.4) is 0 Å². The van der Waals surface area contributed by atoms with Gasteiger partial charge in [0.2, 0.25) is 5.95 Å². The summed E-state index contributed by atoms with van der Waals surface area (Å²) >= 11 is 0. The second-order valence-corrected chi connectivity index (χ2v) is 16.9. The SMILES string of the molecule is Cc1ccc2cc3c4cccc(-c5c6ccccc6cc6c5oc5ccccc56)c4n(-c4nc(-c5ccc6ccccc6c5)nc(-c5ccc6c(c5)oc5ccccc56)n4)c3cc2c1. The largest absolute Gasteiger partial charge is 0.456 e. The number of hydrogen-bond donors (Lipinski definition) is 0. The van der Waals surface area contributed by atoms with Crippen LogP contribution in [0.5, 0.6) is 0 Å². The Morgan fingerprint density at radius 1 is 0.391 bits per heavy atom. The molecule has 298 valence electrons. The third kappa shape index (κ3) is 5.17. The second-order valence-electron chi connectivity index (χ2n) is 16.9. The number of furan rings is 2. The van der Waals surface area contributed by atoms with Gasteiger partial charge in [-0.3, -0.25) is 4.57 Å².